The average Bonchev–Trinajstić information content (AvgIpc) is 2.77. The van der Waals surface area contributed by atoms with E-state index < -0.39 is 5.41 Å². The molecule has 0 saturated carbocycles. The predicted molar refractivity (Wildman–Crippen MR) is 117 cm³/mol. The van der Waals surface area contributed by atoms with Crippen LogP contribution in [-0.4, -0.2) is 13.1 Å². The number of anilines is 1. The normalized spacial score (nSPS) is 16.0. The largest absolute Gasteiger partial charge is 0.440 e. The maximum absolute atomic E-state index is 13.1. The van der Waals surface area contributed by atoms with Crippen molar-refractivity contribution in [1.82, 2.24) is 0 Å². The minimum atomic E-state index is -0.478. The molecule has 1 saturated heterocycles. The van der Waals surface area contributed by atoms with Gasteiger partial charge in [-0.3, -0.25) is 4.79 Å². The highest BCUT2D eigenvalue weighted by atomic mass is 16.4. The molecule has 4 heteroatoms. The zero-order valence-corrected chi connectivity index (χ0v) is 17.3. The maximum atomic E-state index is 13.1. The zero-order chi connectivity index (χ0) is 20.6. The Balaban J connectivity index is 1.72. The molecular formula is C25H26N2O2. The summed E-state index contributed by atoms with van der Waals surface area (Å²) in [7, 11) is 0. The molecule has 0 spiro atoms. The molecule has 1 fully saturated rings. The lowest BCUT2D eigenvalue weighted by Crippen LogP contribution is -2.42. The highest BCUT2D eigenvalue weighted by Crippen LogP contribution is 2.37. The van der Waals surface area contributed by atoms with E-state index in [0.717, 1.165) is 23.1 Å². The first-order chi connectivity index (χ1) is 14.0. The summed E-state index contributed by atoms with van der Waals surface area (Å²) in [4.78, 5) is 15.2. The SMILES string of the molecule is CCc1cc(C)cc2c(=O)c(C)c(N3CCC(C#N)(c4ccccc4)CC3)oc12. The van der Waals surface area contributed by atoms with Crippen LogP contribution in [0.25, 0.3) is 11.0 Å². The third kappa shape index (κ3) is 3.21. The van der Waals surface area contributed by atoms with E-state index in [0.29, 0.717) is 48.3 Å². The van der Waals surface area contributed by atoms with E-state index in [1.807, 2.05) is 50.2 Å². The Kier molecular flexibility index (Phi) is 4.92. The Morgan fingerprint density at radius 1 is 1.14 bits per heavy atom. The molecular weight excluding hydrogens is 360 g/mol. The lowest BCUT2D eigenvalue weighted by Gasteiger charge is -2.38. The second-order valence-electron chi connectivity index (χ2n) is 8.06. The van der Waals surface area contributed by atoms with Crippen LogP contribution in [0.2, 0.25) is 0 Å². The molecule has 0 aliphatic carbocycles. The topological polar surface area (TPSA) is 57.2 Å². The van der Waals surface area contributed by atoms with Crippen molar-refractivity contribution >= 4 is 16.9 Å². The van der Waals surface area contributed by atoms with Crippen LogP contribution in [0, 0.1) is 25.2 Å². The number of rotatable bonds is 3. The summed E-state index contributed by atoms with van der Waals surface area (Å²) in [6.07, 6.45) is 2.24. The first kappa shape index (κ1) is 19.3. The molecule has 0 bridgehead atoms. The Hall–Kier alpha value is -3.06. The molecule has 2 heterocycles. The van der Waals surface area contributed by atoms with Crippen molar-refractivity contribution in [2.45, 2.75) is 45.4 Å². The molecule has 1 aliphatic rings. The van der Waals surface area contributed by atoms with Gasteiger partial charge < -0.3 is 9.32 Å². The van der Waals surface area contributed by atoms with Gasteiger partial charge in [-0.05, 0) is 55.9 Å². The maximum Gasteiger partial charge on any atom is 0.202 e. The van der Waals surface area contributed by atoms with Crippen LogP contribution in [0.1, 0.15) is 42.0 Å². The van der Waals surface area contributed by atoms with Crippen LogP contribution in [0.5, 0.6) is 0 Å². The highest BCUT2D eigenvalue weighted by molar-refractivity contribution is 5.83. The van der Waals surface area contributed by atoms with Crippen LogP contribution in [0.15, 0.2) is 51.7 Å². The molecule has 148 valence electrons. The monoisotopic (exact) mass is 386 g/mol. The van der Waals surface area contributed by atoms with E-state index in [1.165, 1.54) is 0 Å². The third-order valence-electron chi connectivity index (χ3n) is 6.24. The number of aryl methyl sites for hydroxylation is 2. The van der Waals surface area contributed by atoms with Crippen molar-refractivity contribution in [2.75, 3.05) is 18.0 Å². The molecule has 0 atom stereocenters. The second kappa shape index (κ2) is 7.40. The van der Waals surface area contributed by atoms with Gasteiger partial charge >= 0.3 is 0 Å². The Labute approximate surface area is 171 Å². The van der Waals surface area contributed by atoms with Crippen molar-refractivity contribution in [2.24, 2.45) is 0 Å². The lowest BCUT2D eigenvalue weighted by molar-refractivity contribution is 0.399. The summed E-state index contributed by atoms with van der Waals surface area (Å²) in [5.41, 5.74) is 4.12. The summed E-state index contributed by atoms with van der Waals surface area (Å²) < 4.78 is 6.34. The van der Waals surface area contributed by atoms with Crippen LogP contribution in [0.4, 0.5) is 5.88 Å². The minimum absolute atomic E-state index is 0.0415. The number of hydrogen-bond acceptors (Lipinski definition) is 4. The molecule has 0 amide bonds. The highest BCUT2D eigenvalue weighted by Gasteiger charge is 2.37. The van der Waals surface area contributed by atoms with Gasteiger partial charge in [-0.15, -0.1) is 0 Å². The van der Waals surface area contributed by atoms with E-state index in [4.69, 9.17) is 4.42 Å². The van der Waals surface area contributed by atoms with Crippen LogP contribution >= 0.6 is 0 Å². The lowest BCUT2D eigenvalue weighted by atomic mass is 9.74. The summed E-state index contributed by atoms with van der Waals surface area (Å²) >= 11 is 0. The van der Waals surface area contributed by atoms with E-state index >= 15 is 0 Å². The quantitative estimate of drug-likeness (QED) is 0.633. The van der Waals surface area contributed by atoms with Crippen molar-refractivity contribution in [1.29, 1.82) is 5.26 Å². The molecule has 2 aromatic carbocycles. The fraction of sp³-hybridized carbons (Fsp3) is 0.360. The number of fused-ring (bicyclic) bond motifs is 1. The van der Waals surface area contributed by atoms with Gasteiger partial charge in [-0.1, -0.05) is 43.3 Å². The fourth-order valence-electron chi connectivity index (χ4n) is 4.49. The van der Waals surface area contributed by atoms with Crippen molar-refractivity contribution in [3.05, 3.63) is 74.9 Å². The molecule has 1 aliphatic heterocycles. The van der Waals surface area contributed by atoms with Crippen LogP contribution in [0.3, 0.4) is 0 Å². The van der Waals surface area contributed by atoms with Gasteiger partial charge in [0.05, 0.1) is 22.4 Å². The summed E-state index contributed by atoms with van der Waals surface area (Å²) in [5.74, 6) is 0.653. The standard InChI is InChI=1S/C25H26N2O2/c1-4-19-14-17(2)15-21-22(28)18(3)24(29-23(19)21)27-12-10-25(16-26,11-13-27)20-8-6-5-7-9-20/h5-9,14-15H,4,10-13H2,1-3H3. The Morgan fingerprint density at radius 2 is 1.83 bits per heavy atom. The first-order valence-corrected chi connectivity index (χ1v) is 10.3. The van der Waals surface area contributed by atoms with Gasteiger partial charge in [-0.25, -0.2) is 0 Å². The number of hydrogen-bond donors (Lipinski definition) is 0. The number of nitrogens with zero attached hydrogens (tertiary/aromatic N) is 2. The van der Waals surface area contributed by atoms with Crippen molar-refractivity contribution < 1.29 is 4.42 Å². The van der Waals surface area contributed by atoms with E-state index in [1.54, 1.807) is 0 Å². The van der Waals surface area contributed by atoms with Gasteiger partial charge in [0.2, 0.25) is 5.88 Å². The molecule has 1 aromatic heterocycles. The zero-order valence-electron chi connectivity index (χ0n) is 17.3. The van der Waals surface area contributed by atoms with Gasteiger partial charge in [-0.2, -0.15) is 5.26 Å². The molecule has 0 N–H and O–H groups in total. The molecule has 0 radical (unpaired) electrons. The van der Waals surface area contributed by atoms with Gasteiger partial charge in [0.25, 0.3) is 0 Å². The molecule has 3 aromatic rings. The van der Waals surface area contributed by atoms with Gasteiger partial charge in [0, 0.05) is 13.1 Å². The molecule has 4 rings (SSSR count). The number of piperidine rings is 1. The Morgan fingerprint density at radius 3 is 2.45 bits per heavy atom. The summed E-state index contributed by atoms with van der Waals surface area (Å²) in [6.45, 7) is 7.31. The predicted octanol–water partition coefficient (Wildman–Crippen LogP) is 5.03. The van der Waals surface area contributed by atoms with Crippen molar-refractivity contribution in [3.63, 3.8) is 0 Å². The van der Waals surface area contributed by atoms with Crippen LogP contribution in [-0.2, 0) is 11.8 Å². The molecule has 0 unspecified atom stereocenters. The summed E-state index contributed by atoms with van der Waals surface area (Å²) in [6, 6.07) is 16.6. The number of benzene rings is 2. The van der Waals surface area contributed by atoms with Crippen LogP contribution < -0.4 is 10.3 Å². The van der Waals surface area contributed by atoms with Crippen molar-refractivity contribution in [3.8, 4) is 6.07 Å². The summed E-state index contributed by atoms with van der Waals surface area (Å²) in [5, 5.41) is 10.6. The van der Waals surface area contributed by atoms with Gasteiger partial charge in [0.15, 0.2) is 5.43 Å². The smallest absolute Gasteiger partial charge is 0.202 e. The second-order valence-corrected chi connectivity index (χ2v) is 8.06. The van der Waals surface area contributed by atoms with E-state index in [2.05, 4.69) is 24.0 Å². The third-order valence-corrected chi connectivity index (χ3v) is 6.24. The fourth-order valence-corrected chi connectivity index (χ4v) is 4.49. The Bertz CT molecular complexity index is 1150. The molecule has 4 nitrogen and oxygen atoms in total. The first-order valence-electron chi connectivity index (χ1n) is 10.3. The minimum Gasteiger partial charge on any atom is -0.440 e. The van der Waals surface area contributed by atoms with E-state index in [-0.39, 0.29) is 5.43 Å². The molecule has 29 heavy (non-hydrogen) atoms. The average molecular weight is 386 g/mol. The van der Waals surface area contributed by atoms with Gasteiger partial charge in [0.1, 0.15) is 5.58 Å². The van der Waals surface area contributed by atoms with E-state index in [9.17, 15) is 10.1 Å². The number of nitriles is 1.